The Balaban J connectivity index is 1.92. The van der Waals surface area contributed by atoms with Gasteiger partial charge in [0.1, 0.15) is 0 Å². The minimum absolute atomic E-state index is 0.0799. The number of amides is 1. The first-order valence-corrected chi connectivity index (χ1v) is 8.27. The Labute approximate surface area is 124 Å². The lowest BCUT2D eigenvalue weighted by Crippen LogP contribution is -2.30. The van der Waals surface area contributed by atoms with E-state index < -0.39 is 10.0 Å². The molecule has 0 aromatic heterocycles. The smallest absolute Gasteiger partial charge is 0.240 e. The molecule has 8 heteroatoms. The fourth-order valence-corrected chi connectivity index (χ4v) is 2.60. The van der Waals surface area contributed by atoms with E-state index in [0.717, 1.165) is 12.8 Å². The lowest BCUT2D eigenvalue weighted by atomic mass is 10.2. The average Bonchev–Trinajstić information content (AvgIpc) is 3.29. The van der Waals surface area contributed by atoms with Gasteiger partial charge < -0.3 is 16.4 Å². The van der Waals surface area contributed by atoms with Crippen molar-refractivity contribution in [3.05, 3.63) is 18.2 Å². The average molecular weight is 312 g/mol. The number of anilines is 2. The second kappa shape index (κ2) is 6.31. The predicted octanol–water partition coefficient (Wildman–Crippen LogP) is 0.115. The van der Waals surface area contributed by atoms with Crippen LogP contribution in [0, 0.1) is 5.92 Å². The first-order valence-electron chi connectivity index (χ1n) is 6.78. The Hall–Kier alpha value is -1.80. The third-order valence-electron chi connectivity index (χ3n) is 3.29. The molecular weight excluding hydrogens is 292 g/mol. The predicted molar refractivity (Wildman–Crippen MR) is 81.3 cm³/mol. The summed E-state index contributed by atoms with van der Waals surface area (Å²) in [5.41, 5.74) is 6.80. The fourth-order valence-electron chi connectivity index (χ4n) is 1.85. The van der Waals surface area contributed by atoms with Crippen molar-refractivity contribution in [2.75, 3.05) is 31.2 Å². The largest absolute Gasteiger partial charge is 0.397 e. The zero-order valence-corrected chi connectivity index (χ0v) is 12.7. The van der Waals surface area contributed by atoms with Gasteiger partial charge in [-0.15, -0.1) is 0 Å². The summed E-state index contributed by atoms with van der Waals surface area (Å²) in [6.45, 7) is 0.948. The molecule has 1 saturated carbocycles. The van der Waals surface area contributed by atoms with Crippen LogP contribution in [0.2, 0.25) is 0 Å². The highest BCUT2D eigenvalue weighted by molar-refractivity contribution is 7.89. The minimum Gasteiger partial charge on any atom is -0.397 e. The summed E-state index contributed by atoms with van der Waals surface area (Å²) in [4.78, 5) is 11.6. The maximum Gasteiger partial charge on any atom is 0.240 e. The number of carbonyl (C=O) groups excluding carboxylic acids is 1. The van der Waals surface area contributed by atoms with Crippen molar-refractivity contribution in [1.82, 2.24) is 10.0 Å². The molecule has 7 nitrogen and oxygen atoms in total. The number of sulfonamides is 1. The Kier molecular flexibility index (Phi) is 4.69. The molecule has 1 amide bonds. The summed E-state index contributed by atoms with van der Waals surface area (Å²) in [7, 11) is -2.15. The molecule has 0 radical (unpaired) electrons. The van der Waals surface area contributed by atoms with Crippen molar-refractivity contribution in [3.63, 3.8) is 0 Å². The van der Waals surface area contributed by atoms with E-state index in [0.29, 0.717) is 24.5 Å². The molecular formula is C13H20N4O3S. The van der Waals surface area contributed by atoms with Gasteiger partial charge in [0.15, 0.2) is 0 Å². The van der Waals surface area contributed by atoms with Crippen molar-refractivity contribution in [2.45, 2.75) is 17.7 Å². The molecule has 0 bridgehead atoms. The molecule has 0 atom stereocenters. The monoisotopic (exact) mass is 312 g/mol. The summed E-state index contributed by atoms with van der Waals surface area (Å²) in [6, 6.07) is 4.46. The van der Waals surface area contributed by atoms with Crippen molar-refractivity contribution in [2.24, 2.45) is 5.92 Å². The van der Waals surface area contributed by atoms with Crippen LogP contribution < -0.4 is 21.1 Å². The van der Waals surface area contributed by atoms with Crippen molar-refractivity contribution in [1.29, 1.82) is 0 Å². The standard InChI is InChI=1S/C13H20N4O3S/c1-15-21(19,20)10-4-5-11(14)12(8-10)16-6-7-17-13(18)9-2-3-9/h4-5,8-9,15-16H,2-3,6-7,14H2,1H3,(H,17,18). The summed E-state index contributed by atoms with van der Waals surface area (Å²) in [5.74, 6) is 0.260. The highest BCUT2D eigenvalue weighted by Crippen LogP contribution is 2.28. The number of rotatable bonds is 7. The van der Waals surface area contributed by atoms with E-state index in [2.05, 4.69) is 15.4 Å². The summed E-state index contributed by atoms with van der Waals surface area (Å²) >= 11 is 0. The number of nitrogen functional groups attached to an aromatic ring is 1. The Bertz CT molecular complexity index is 626. The van der Waals surface area contributed by atoms with Crippen LogP contribution in [0.5, 0.6) is 0 Å². The van der Waals surface area contributed by atoms with Crippen molar-refractivity contribution < 1.29 is 13.2 Å². The molecule has 116 valence electrons. The lowest BCUT2D eigenvalue weighted by molar-refractivity contribution is -0.122. The van der Waals surface area contributed by atoms with Crippen LogP contribution in [-0.4, -0.2) is 34.5 Å². The van der Waals surface area contributed by atoms with Gasteiger partial charge >= 0.3 is 0 Å². The van der Waals surface area contributed by atoms with Gasteiger partial charge in [-0.1, -0.05) is 0 Å². The third-order valence-corrected chi connectivity index (χ3v) is 4.70. The number of nitrogens with one attached hydrogen (secondary N) is 3. The van der Waals surface area contributed by atoms with Crippen molar-refractivity contribution >= 4 is 27.3 Å². The van der Waals surface area contributed by atoms with E-state index >= 15 is 0 Å². The van der Waals surface area contributed by atoms with Gasteiger partial charge in [-0.25, -0.2) is 13.1 Å². The normalized spacial score (nSPS) is 14.7. The number of hydrogen-bond donors (Lipinski definition) is 4. The molecule has 2 rings (SSSR count). The van der Waals surface area contributed by atoms with Crippen LogP contribution in [0.3, 0.4) is 0 Å². The quantitative estimate of drug-likeness (QED) is 0.422. The molecule has 0 spiro atoms. The molecule has 0 unspecified atom stereocenters. The number of benzene rings is 1. The molecule has 0 heterocycles. The summed E-state index contributed by atoms with van der Waals surface area (Å²) < 4.78 is 25.7. The molecule has 1 aliphatic rings. The lowest BCUT2D eigenvalue weighted by Gasteiger charge is -2.12. The summed E-state index contributed by atoms with van der Waals surface area (Å²) in [6.07, 6.45) is 1.94. The molecule has 21 heavy (non-hydrogen) atoms. The zero-order chi connectivity index (χ0) is 15.5. The number of hydrogen-bond acceptors (Lipinski definition) is 5. The van der Waals surface area contributed by atoms with Gasteiger partial charge in [0.25, 0.3) is 0 Å². The van der Waals surface area contributed by atoms with Gasteiger partial charge in [-0.05, 0) is 38.1 Å². The van der Waals surface area contributed by atoms with Gasteiger partial charge in [0.05, 0.1) is 16.3 Å². The Morgan fingerprint density at radius 2 is 2.05 bits per heavy atom. The second-order valence-electron chi connectivity index (χ2n) is 4.95. The van der Waals surface area contributed by atoms with E-state index in [9.17, 15) is 13.2 Å². The van der Waals surface area contributed by atoms with E-state index in [4.69, 9.17) is 5.73 Å². The fraction of sp³-hybridized carbons (Fsp3) is 0.462. The SMILES string of the molecule is CNS(=O)(=O)c1ccc(N)c(NCCNC(=O)C2CC2)c1. The summed E-state index contributed by atoms with van der Waals surface area (Å²) in [5, 5.41) is 5.85. The molecule has 1 aromatic carbocycles. The highest BCUT2D eigenvalue weighted by atomic mass is 32.2. The topological polar surface area (TPSA) is 113 Å². The first-order chi connectivity index (χ1) is 9.94. The third kappa shape index (κ3) is 4.08. The van der Waals surface area contributed by atoms with E-state index in [1.54, 1.807) is 0 Å². The van der Waals surface area contributed by atoms with Crippen LogP contribution in [0.4, 0.5) is 11.4 Å². The van der Waals surface area contributed by atoms with Crippen LogP contribution in [0.15, 0.2) is 23.1 Å². The van der Waals surface area contributed by atoms with Gasteiger partial charge in [0, 0.05) is 19.0 Å². The van der Waals surface area contributed by atoms with E-state index in [1.807, 2.05) is 0 Å². The maximum atomic E-state index is 11.7. The van der Waals surface area contributed by atoms with E-state index in [-0.39, 0.29) is 16.7 Å². The number of carbonyl (C=O) groups is 1. The number of nitrogens with two attached hydrogens (primary N) is 1. The second-order valence-corrected chi connectivity index (χ2v) is 6.84. The zero-order valence-electron chi connectivity index (χ0n) is 11.8. The molecule has 1 aromatic rings. The van der Waals surface area contributed by atoms with Crippen LogP contribution in [-0.2, 0) is 14.8 Å². The van der Waals surface area contributed by atoms with Crippen molar-refractivity contribution in [3.8, 4) is 0 Å². The van der Waals surface area contributed by atoms with Gasteiger partial charge in [-0.3, -0.25) is 4.79 Å². The van der Waals surface area contributed by atoms with Gasteiger partial charge in [-0.2, -0.15) is 0 Å². The van der Waals surface area contributed by atoms with E-state index in [1.165, 1.54) is 25.2 Å². The van der Waals surface area contributed by atoms with Gasteiger partial charge in [0.2, 0.25) is 15.9 Å². The first kappa shape index (κ1) is 15.6. The Morgan fingerprint density at radius 3 is 2.67 bits per heavy atom. The minimum atomic E-state index is -3.50. The Morgan fingerprint density at radius 1 is 1.33 bits per heavy atom. The van der Waals surface area contributed by atoms with Crippen LogP contribution >= 0.6 is 0 Å². The molecule has 1 aliphatic carbocycles. The maximum absolute atomic E-state index is 11.7. The molecule has 0 saturated heterocycles. The molecule has 5 N–H and O–H groups in total. The van der Waals surface area contributed by atoms with Crippen LogP contribution in [0.25, 0.3) is 0 Å². The molecule has 0 aliphatic heterocycles. The highest BCUT2D eigenvalue weighted by Gasteiger charge is 2.28. The molecule has 1 fully saturated rings. The van der Waals surface area contributed by atoms with Crippen LogP contribution in [0.1, 0.15) is 12.8 Å².